The van der Waals surface area contributed by atoms with Gasteiger partial charge in [0.25, 0.3) is 0 Å². The van der Waals surface area contributed by atoms with Crippen molar-refractivity contribution in [1.82, 2.24) is 4.90 Å². The molecule has 0 N–H and O–H groups in total. The summed E-state index contributed by atoms with van der Waals surface area (Å²) in [5.74, 6) is 0. The fraction of sp³-hybridized carbons (Fsp3) is 0.385. The fourth-order valence-corrected chi connectivity index (χ4v) is 4.31. The standard InChI is InChI=1S/C13H14ClNS2/c14-13-4-3-11(17-13)8-15-6-1-2-12(15)10-5-7-16-9-10/h3-5,7,9,12H,1-2,6,8H2. The Hall–Kier alpha value is -0.350. The summed E-state index contributed by atoms with van der Waals surface area (Å²) in [4.78, 5) is 3.95. The van der Waals surface area contributed by atoms with Crippen molar-refractivity contribution in [3.8, 4) is 0 Å². The monoisotopic (exact) mass is 283 g/mol. The van der Waals surface area contributed by atoms with Gasteiger partial charge in [-0.15, -0.1) is 11.3 Å². The first-order chi connectivity index (χ1) is 8.33. The van der Waals surface area contributed by atoms with Crippen LogP contribution in [0.4, 0.5) is 0 Å². The van der Waals surface area contributed by atoms with Crippen molar-refractivity contribution in [2.75, 3.05) is 6.54 Å². The van der Waals surface area contributed by atoms with Gasteiger partial charge < -0.3 is 0 Å². The zero-order chi connectivity index (χ0) is 11.7. The van der Waals surface area contributed by atoms with E-state index in [9.17, 15) is 0 Å². The summed E-state index contributed by atoms with van der Waals surface area (Å²) < 4.78 is 0.895. The average molecular weight is 284 g/mol. The first-order valence-electron chi connectivity index (χ1n) is 5.83. The van der Waals surface area contributed by atoms with E-state index in [1.165, 1.54) is 29.8 Å². The Balaban J connectivity index is 1.74. The summed E-state index contributed by atoms with van der Waals surface area (Å²) >= 11 is 9.48. The maximum absolute atomic E-state index is 5.98. The highest BCUT2D eigenvalue weighted by molar-refractivity contribution is 7.16. The van der Waals surface area contributed by atoms with Crippen LogP contribution in [-0.4, -0.2) is 11.4 Å². The Morgan fingerprint density at radius 2 is 2.29 bits per heavy atom. The lowest BCUT2D eigenvalue weighted by atomic mass is 10.1. The van der Waals surface area contributed by atoms with Crippen LogP contribution in [0.5, 0.6) is 0 Å². The minimum atomic E-state index is 0.613. The van der Waals surface area contributed by atoms with Crippen molar-refractivity contribution in [3.63, 3.8) is 0 Å². The fourth-order valence-electron chi connectivity index (χ4n) is 2.49. The molecule has 0 spiro atoms. The SMILES string of the molecule is Clc1ccc(CN2CCCC2c2ccsc2)s1. The lowest BCUT2D eigenvalue weighted by Crippen LogP contribution is -2.21. The van der Waals surface area contributed by atoms with Crippen LogP contribution >= 0.6 is 34.3 Å². The molecule has 0 aliphatic carbocycles. The molecule has 1 atom stereocenters. The van der Waals surface area contributed by atoms with Gasteiger partial charge in [0.1, 0.15) is 0 Å². The maximum atomic E-state index is 5.98. The number of nitrogens with zero attached hydrogens (tertiary/aromatic N) is 1. The van der Waals surface area contributed by atoms with E-state index in [-0.39, 0.29) is 0 Å². The molecule has 0 radical (unpaired) electrons. The van der Waals surface area contributed by atoms with Crippen molar-refractivity contribution in [2.45, 2.75) is 25.4 Å². The molecule has 90 valence electrons. The molecule has 1 aliphatic heterocycles. The summed E-state index contributed by atoms with van der Waals surface area (Å²) in [6.45, 7) is 2.24. The third kappa shape index (κ3) is 2.58. The van der Waals surface area contributed by atoms with Gasteiger partial charge in [0.15, 0.2) is 0 Å². The van der Waals surface area contributed by atoms with E-state index < -0.39 is 0 Å². The van der Waals surface area contributed by atoms with Gasteiger partial charge in [-0.2, -0.15) is 11.3 Å². The second-order valence-electron chi connectivity index (χ2n) is 4.39. The molecule has 2 aromatic heterocycles. The van der Waals surface area contributed by atoms with Gasteiger partial charge >= 0.3 is 0 Å². The molecule has 3 rings (SSSR count). The average Bonchev–Trinajstić information content (AvgIpc) is 3.00. The Morgan fingerprint density at radius 3 is 3.00 bits per heavy atom. The van der Waals surface area contributed by atoms with Crippen LogP contribution in [0.2, 0.25) is 4.34 Å². The quantitative estimate of drug-likeness (QED) is 0.782. The lowest BCUT2D eigenvalue weighted by molar-refractivity contribution is 0.251. The number of thiophene rings is 2. The highest BCUT2D eigenvalue weighted by Crippen LogP contribution is 2.35. The molecule has 0 bridgehead atoms. The summed E-state index contributed by atoms with van der Waals surface area (Å²) in [5, 5.41) is 4.46. The smallest absolute Gasteiger partial charge is 0.0931 e. The van der Waals surface area contributed by atoms with E-state index in [2.05, 4.69) is 27.8 Å². The molecule has 0 saturated carbocycles. The van der Waals surface area contributed by atoms with Gasteiger partial charge in [-0.3, -0.25) is 4.90 Å². The van der Waals surface area contributed by atoms with Gasteiger partial charge in [-0.1, -0.05) is 11.6 Å². The Labute approximate surface area is 115 Å². The molecular weight excluding hydrogens is 270 g/mol. The summed E-state index contributed by atoms with van der Waals surface area (Å²) in [6.07, 6.45) is 2.59. The Morgan fingerprint density at radius 1 is 1.35 bits per heavy atom. The third-order valence-electron chi connectivity index (χ3n) is 3.28. The maximum Gasteiger partial charge on any atom is 0.0931 e. The highest BCUT2D eigenvalue weighted by atomic mass is 35.5. The van der Waals surface area contributed by atoms with Crippen LogP contribution in [0.1, 0.15) is 29.3 Å². The highest BCUT2D eigenvalue weighted by Gasteiger charge is 2.26. The zero-order valence-electron chi connectivity index (χ0n) is 9.43. The Kier molecular flexibility index (Phi) is 3.52. The van der Waals surface area contributed by atoms with Gasteiger partial charge in [-0.25, -0.2) is 0 Å². The molecule has 3 heterocycles. The van der Waals surface area contributed by atoms with Gasteiger partial charge in [-0.05, 0) is 53.9 Å². The normalized spacial score (nSPS) is 21.1. The minimum absolute atomic E-state index is 0.613. The molecule has 17 heavy (non-hydrogen) atoms. The third-order valence-corrected chi connectivity index (χ3v) is 5.20. The second kappa shape index (κ2) is 5.11. The van der Waals surface area contributed by atoms with E-state index in [0.717, 1.165) is 10.9 Å². The molecule has 1 saturated heterocycles. The molecule has 4 heteroatoms. The van der Waals surface area contributed by atoms with Crippen molar-refractivity contribution in [3.05, 3.63) is 43.7 Å². The number of rotatable bonds is 3. The predicted octanol–water partition coefficient (Wildman–Crippen LogP) is 4.80. The molecule has 0 amide bonds. The molecule has 1 fully saturated rings. The van der Waals surface area contributed by atoms with Crippen LogP contribution in [0.15, 0.2) is 29.0 Å². The second-order valence-corrected chi connectivity index (χ2v) is 6.97. The minimum Gasteiger partial charge on any atom is -0.291 e. The first-order valence-corrected chi connectivity index (χ1v) is 7.97. The number of hydrogen-bond acceptors (Lipinski definition) is 3. The van der Waals surface area contributed by atoms with Crippen LogP contribution in [0.3, 0.4) is 0 Å². The van der Waals surface area contributed by atoms with Crippen molar-refractivity contribution < 1.29 is 0 Å². The van der Waals surface area contributed by atoms with E-state index in [1.807, 2.05) is 6.07 Å². The molecule has 2 aromatic rings. The summed E-state index contributed by atoms with van der Waals surface area (Å²) in [5.41, 5.74) is 1.48. The number of hydrogen-bond donors (Lipinski definition) is 0. The van der Waals surface area contributed by atoms with Crippen molar-refractivity contribution in [2.24, 2.45) is 0 Å². The van der Waals surface area contributed by atoms with Gasteiger partial charge in [0.05, 0.1) is 4.34 Å². The van der Waals surface area contributed by atoms with Crippen LogP contribution in [-0.2, 0) is 6.54 Å². The van der Waals surface area contributed by atoms with Crippen molar-refractivity contribution in [1.29, 1.82) is 0 Å². The first kappa shape index (κ1) is 11.7. The summed E-state index contributed by atoms with van der Waals surface area (Å²) in [6, 6.07) is 7.02. The molecule has 0 aromatic carbocycles. The van der Waals surface area contributed by atoms with Gasteiger partial charge in [0, 0.05) is 17.5 Å². The van der Waals surface area contributed by atoms with Crippen molar-refractivity contribution >= 4 is 34.3 Å². The molecular formula is C13H14ClNS2. The van der Waals surface area contributed by atoms with Crippen LogP contribution in [0.25, 0.3) is 0 Å². The zero-order valence-corrected chi connectivity index (χ0v) is 11.8. The summed E-state index contributed by atoms with van der Waals surface area (Å²) in [7, 11) is 0. The van der Waals surface area contributed by atoms with Crippen LogP contribution in [0, 0.1) is 0 Å². The molecule has 1 unspecified atom stereocenters. The molecule has 1 aliphatic rings. The van der Waals surface area contributed by atoms with E-state index in [4.69, 9.17) is 11.6 Å². The predicted molar refractivity (Wildman–Crippen MR) is 76.0 cm³/mol. The lowest BCUT2D eigenvalue weighted by Gasteiger charge is -2.23. The molecule has 1 nitrogen and oxygen atoms in total. The van der Waals surface area contributed by atoms with Gasteiger partial charge in [0.2, 0.25) is 0 Å². The largest absolute Gasteiger partial charge is 0.291 e. The topological polar surface area (TPSA) is 3.24 Å². The van der Waals surface area contributed by atoms with Crippen LogP contribution < -0.4 is 0 Å². The van der Waals surface area contributed by atoms with E-state index >= 15 is 0 Å². The van der Waals surface area contributed by atoms with E-state index in [1.54, 1.807) is 22.7 Å². The van der Waals surface area contributed by atoms with E-state index in [0.29, 0.717) is 6.04 Å². The number of halogens is 1. The Bertz CT molecular complexity index is 477. The number of likely N-dealkylation sites (tertiary alicyclic amines) is 1.